The highest BCUT2D eigenvalue weighted by atomic mass is 31.2. The Morgan fingerprint density at radius 2 is 1.06 bits per heavy atom. The van der Waals surface area contributed by atoms with E-state index in [1.165, 1.54) is 57.8 Å². The van der Waals surface area contributed by atoms with Crippen molar-refractivity contribution >= 4 is 19.8 Å². The molecule has 9 nitrogen and oxygen atoms in total. The van der Waals surface area contributed by atoms with E-state index in [1.807, 2.05) is 21.1 Å². The minimum atomic E-state index is -4.38. The predicted octanol–water partition coefficient (Wildman–Crippen LogP) is 11.9. The first kappa shape index (κ1) is 52.0. The van der Waals surface area contributed by atoms with E-state index in [-0.39, 0.29) is 32.0 Å². The first-order chi connectivity index (χ1) is 26.0. The van der Waals surface area contributed by atoms with Gasteiger partial charge >= 0.3 is 19.8 Å². The van der Waals surface area contributed by atoms with Gasteiger partial charge in [0.05, 0.1) is 27.7 Å². The fraction of sp³-hybridized carbons (Fsp3) is 0.773. The molecule has 0 aliphatic heterocycles. The summed E-state index contributed by atoms with van der Waals surface area (Å²) in [6.45, 7) is 4.25. The van der Waals surface area contributed by atoms with E-state index in [0.29, 0.717) is 17.4 Å². The van der Waals surface area contributed by atoms with Crippen molar-refractivity contribution in [2.24, 2.45) is 0 Å². The molecule has 0 spiro atoms. The Morgan fingerprint density at radius 1 is 0.593 bits per heavy atom. The SMILES string of the molecule is CC/C=C/C/C=C/C/C=C/CCCCCCCC(=O)OC[C@H](COP(=O)(O)OCC[N+](C)(C)C)OC(=O)CCCCCCCCCCC/C=C/CCCC. The standard InChI is InChI=1S/C44H80NO8P/c1-6-8-10-12-14-16-18-20-22-24-26-28-30-32-34-36-43(46)50-40-42(41-52-54(48,49)51-39-38-45(3,4)5)53-44(47)37-35-33-31-29-27-25-23-21-19-17-15-13-11-9-7-2/h8,10,13-16,20,22,42H,6-7,9,11-12,17-19,21,23-41H2,1-5H3/p+1/b10-8+,15-13+,16-14+,22-20+/t42-/m1/s1. The molecule has 0 aromatic heterocycles. The summed E-state index contributed by atoms with van der Waals surface area (Å²) in [5.74, 6) is -0.823. The lowest BCUT2D eigenvalue weighted by atomic mass is 10.1. The van der Waals surface area contributed by atoms with Gasteiger partial charge in [-0.25, -0.2) is 4.57 Å². The number of ether oxygens (including phenoxy) is 2. The van der Waals surface area contributed by atoms with Gasteiger partial charge < -0.3 is 18.9 Å². The van der Waals surface area contributed by atoms with Gasteiger partial charge in [-0.2, -0.15) is 0 Å². The molecule has 1 N–H and O–H groups in total. The maximum absolute atomic E-state index is 12.7. The molecule has 0 aliphatic carbocycles. The zero-order valence-electron chi connectivity index (χ0n) is 35.2. The van der Waals surface area contributed by atoms with E-state index in [2.05, 4.69) is 62.5 Å². The molecule has 0 heterocycles. The monoisotopic (exact) mass is 783 g/mol. The lowest BCUT2D eigenvalue weighted by Crippen LogP contribution is -2.37. The smallest absolute Gasteiger partial charge is 0.462 e. The number of hydrogen-bond donors (Lipinski definition) is 1. The van der Waals surface area contributed by atoms with Gasteiger partial charge in [0.15, 0.2) is 6.10 Å². The number of nitrogens with zero attached hydrogens (tertiary/aromatic N) is 1. The summed E-state index contributed by atoms with van der Waals surface area (Å²) < 4.78 is 34.3. The van der Waals surface area contributed by atoms with E-state index >= 15 is 0 Å². The van der Waals surface area contributed by atoms with E-state index < -0.39 is 26.5 Å². The van der Waals surface area contributed by atoms with Crippen LogP contribution < -0.4 is 0 Å². The van der Waals surface area contributed by atoms with Crippen LogP contribution in [-0.4, -0.2) is 74.9 Å². The number of phosphoric acid groups is 1. The number of rotatable bonds is 38. The molecule has 0 aromatic carbocycles. The Morgan fingerprint density at radius 3 is 1.59 bits per heavy atom. The number of quaternary nitrogens is 1. The summed E-state index contributed by atoms with van der Waals surface area (Å²) in [5, 5.41) is 0. The number of likely N-dealkylation sites (N-methyl/N-ethyl adjacent to an activating group) is 1. The highest BCUT2D eigenvalue weighted by Gasteiger charge is 2.27. The number of unbranched alkanes of at least 4 members (excludes halogenated alkanes) is 16. The molecule has 0 saturated carbocycles. The normalized spacial score (nSPS) is 14.1. The zero-order chi connectivity index (χ0) is 40.0. The molecular weight excluding hydrogens is 701 g/mol. The number of carbonyl (C=O) groups is 2. The summed E-state index contributed by atoms with van der Waals surface area (Å²) in [6.07, 6.45) is 41.5. The van der Waals surface area contributed by atoms with Crippen molar-refractivity contribution in [3.8, 4) is 0 Å². The van der Waals surface area contributed by atoms with Crippen LogP contribution in [0.4, 0.5) is 0 Å². The number of hydrogen-bond acceptors (Lipinski definition) is 7. The van der Waals surface area contributed by atoms with Gasteiger partial charge in [-0.05, 0) is 64.2 Å². The molecule has 54 heavy (non-hydrogen) atoms. The maximum atomic E-state index is 12.7. The van der Waals surface area contributed by atoms with Gasteiger partial charge in [0.2, 0.25) is 0 Å². The van der Waals surface area contributed by atoms with Gasteiger partial charge in [0.25, 0.3) is 0 Å². The van der Waals surface area contributed by atoms with Crippen molar-refractivity contribution in [3.63, 3.8) is 0 Å². The molecule has 314 valence electrons. The van der Waals surface area contributed by atoms with Crippen LogP contribution in [0, 0.1) is 0 Å². The molecule has 0 aromatic rings. The fourth-order valence-electron chi connectivity index (χ4n) is 5.48. The van der Waals surface area contributed by atoms with Gasteiger partial charge in [-0.3, -0.25) is 18.6 Å². The van der Waals surface area contributed by atoms with E-state index in [9.17, 15) is 19.0 Å². The molecular formula is C44H81NO8P+. The van der Waals surface area contributed by atoms with E-state index in [0.717, 1.165) is 77.0 Å². The average Bonchev–Trinajstić information content (AvgIpc) is 3.12. The Balaban J connectivity index is 4.40. The van der Waals surface area contributed by atoms with Crippen molar-refractivity contribution in [3.05, 3.63) is 48.6 Å². The number of carbonyl (C=O) groups excluding carboxylic acids is 2. The van der Waals surface area contributed by atoms with Crippen LogP contribution in [0.15, 0.2) is 48.6 Å². The van der Waals surface area contributed by atoms with Crippen molar-refractivity contribution in [1.82, 2.24) is 0 Å². The third-order valence-corrected chi connectivity index (χ3v) is 9.83. The lowest BCUT2D eigenvalue weighted by molar-refractivity contribution is -0.870. The second kappa shape index (κ2) is 36.6. The Hall–Kier alpha value is -2.03. The van der Waals surface area contributed by atoms with Crippen LogP contribution in [0.5, 0.6) is 0 Å². The minimum absolute atomic E-state index is 0.0270. The third kappa shape index (κ3) is 39.7. The van der Waals surface area contributed by atoms with Crippen LogP contribution in [0.2, 0.25) is 0 Å². The molecule has 1 unspecified atom stereocenters. The van der Waals surface area contributed by atoms with Gasteiger partial charge in [-0.1, -0.05) is 140 Å². The first-order valence-corrected chi connectivity index (χ1v) is 22.9. The number of phosphoric ester groups is 1. The number of allylic oxidation sites excluding steroid dienone is 8. The van der Waals surface area contributed by atoms with E-state index in [1.54, 1.807) is 0 Å². The number of esters is 2. The second-order valence-electron chi connectivity index (χ2n) is 15.3. The van der Waals surface area contributed by atoms with Gasteiger partial charge in [0, 0.05) is 12.8 Å². The van der Waals surface area contributed by atoms with Crippen LogP contribution >= 0.6 is 7.82 Å². The predicted molar refractivity (Wildman–Crippen MR) is 224 cm³/mol. The average molecular weight is 783 g/mol. The van der Waals surface area contributed by atoms with Crippen molar-refractivity contribution in [2.45, 2.75) is 174 Å². The zero-order valence-corrected chi connectivity index (χ0v) is 36.1. The van der Waals surface area contributed by atoms with Crippen molar-refractivity contribution < 1.29 is 42.1 Å². The largest absolute Gasteiger partial charge is 0.472 e. The van der Waals surface area contributed by atoms with Crippen LogP contribution in [0.1, 0.15) is 168 Å². The van der Waals surface area contributed by atoms with Crippen molar-refractivity contribution in [1.29, 1.82) is 0 Å². The summed E-state index contributed by atoms with van der Waals surface area (Å²) in [5.41, 5.74) is 0. The Labute approximate surface area is 331 Å². The Kier molecular flexibility index (Phi) is 35.2. The fourth-order valence-corrected chi connectivity index (χ4v) is 6.22. The summed E-state index contributed by atoms with van der Waals surface area (Å²) in [7, 11) is 1.46. The minimum Gasteiger partial charge on any atom is -0.462 e. The van der Waals surface area contributed by atoms with Crippen LogP contribution in [0.3, 0.4) is 0 Å². The van der Waals surface area contributed by atoms with Crippen LogP contribution in [-0.2, 0) is 32.7 Å². The quantitative estimate of drug-likeness (QED) is 0.0217. The highest BCUT2D eigenvalue weighted by Crippen LogP contribution is 2.43. The summed E-state index contributed by atoms with van der Waals surface area (Å²) in [4.78, 5) is 35.3. The molecule has 0 radical (unpaired) electrons. The topological polar surface area (TPSA) is 108 Å². The Bertz CT molecular complexity index is 1070. The molecule has 10 heteroatoms. The maximum Gasteiger partial charge on any atom is 0.472 e. The summed E-state index contributed by atoms with van der Waals surface area (Å²) in [6, 6.07) is 0. The van der Waals surface area contributed by atoms with Crippen molar-refractivity contribution in [2.75, 3.05) is 47.5 Å². The molecule has 0 aliphatic rings. The summed E-state index contributed by atoms with van der Waals surface area (Å²) >= 11 is 0. The molecule has 0 bridgehead atoms. The van der Waals surface area contributed by atoms with E-state index in [4.69, 9.17) is 18.5 Å². The lowest BCUT2D eigenvalue weighted by Gasteiger charge is -2.24. The molecule has 0 rings (SSSR count). The molecule has 0 fully saturated rings. The molecule has 0 saturated heterocycles. The first-order valence-electron chi connectivity index (χ1n) is 21.4. The molecule has 0 amide bonds. The molecule has 2 atom stereocenters. The van der Waals surface area contributed by atoms with Gasteiger partial charge in [-0.15, -0.1) is 0 Å². The third-order valence-electron chi connectivity index (χ3n) is 8.84. The second-order valence-corrected chi connectivity index (χ2v) is 16.8. The van der Waals surface area contributed by atoms with Gasteiger partial charge in [0.1, 0.15) is 19.8 Å². The van der Waals surface area contributed by atoms with Crippen LogP contribution in [0.25, 0.3) is 0 Å². The highest BCUT2D eigenvalue weighted by molar-refractivity contribution is 7.47.